The number of hydrogen-bond acceptors (Lipinski definition) is 5. The van der Waals surface area contributed by atoms with E-state index in [4.69, 9.17) is 9.84 Å². The molecule has 1 N–H and O–H groups in total. The Balaban J connectivity index is 2.34. The van der Waals surface area contributed by atoms with Crippen LogP contribution in [0.25, 0.3) is 0 Å². The van der Waals surface area contributed by atoms with Crippen molar-refractivity contribution in [1.82, 2.24) is 9.80 Å². The van der Waals surface area contributed by atoms with E-state index < -0.39 is 17.5 Å². The highest BCUT2D eigenvalue weighted by Crippen LogP contribution is 2.09. The first-order valence-electron chi connectivity index (χ1n) is 7.11. The third-order valence-electron chi connectivity index (χ3n) is 3.00. The number of carboxylic acids is 1. The molecule has 0 bridgehead atoms. The molecule has 0 aromatic heterocycles. The molecule has 1 amide bonds. The molecule has 1 saturated heterocycles. The van der Waals surface area contributed by atoms with Crippen molar-refractivity contribution in [2.45, 2.75) is 39.2 Å². The second-order valence-electron chi connectivity index (χ2n) is 6.18. The molecule has 0 aromatic carbocycles. The fourth-order valence-electron chi connectivity index (χ4n) is 2.10. The monoisotopic (exact) mass is 300 g/mol. The highest BCUT2D eigenvalue weighted by molar-refractivity contribution is 5.84. The molecule has 1 rings (SSSR count). The third kappa shape index (κ3) is 7.08. The van der Waals surface area contributed by atoms with Crippen LogP contribution in [0.1, 0.15) is 33.6 Å². The number of esters is 1. The SMILES string of the molecule is CC(C)(C)OC(=O)CN1CCN(CCCC(=O)O)CC1=O. The number of carboxylic acid groups (broad SMARTS) is 1. The van der Waals surface area contributed by atoms with Crippen molar-refractivity contribution in [2.75, 3.05) is 32.7 Å². The number of hydrogen-bond donors (Lipinski definition) is 1. The Hall–Kier alpha value is -1.63. The highest BCUT2D eigenvalue weighted by atomic mass is 16.6. The van der Waals surface area contributed by atoms with Gasteiger partial charge >= 0.3 is 11.9 Å². The van der Waals surface area contributed by atoms with Gasteiger partial charge < -0.3 is 14.7 Å². The van der Waals surface area contributed by atoms with Gasteiger partial charge in [0.05, 0.1) is 6.54 Å². The van der Waals surface area contributed by atoms with E-state index >= 15 is 0 Å². The van der Waals surface area contributed by atoms with Crippen LogP contribution in [-0.2, 0) is 19.1 Å². The molecule has 1 aliphatic rings. The Morgan fingerprint density at radius 3 is 2.48 bits per heavy atom. The molecule has 0 atom stereocenters. The zero-order valence-electron chi connectivity index (χ0n) is 12.9. The first-order chi connectivity index (χ1) is 9.67. The van der Waals surface area contributed by atoms with Crippen LogP contribution in [0.5, 0.6) is 0 Å². The van der Waals surface area contributed by atoms with Crippen LogP contribution in [0.15, 0.2) is 0 Å². The molecule has 120 valence electrons. The van der Waals surface area contributed by atoms with E-state index in [1.54, 1.807) is 20.8 Å². The maximum Gasteiger partial charge on any atom is 0.326 e. The number of piperazine rings is 1. The molecule has 0 aliphatic carbocycles. The average Bonchev–Trinajstić information content (AvgIpc) is 2.29. The lowest BCUT2D eigenvalue weighted by Gasteiger charge is -2.34. The van der Waals surface area contributed by atoms with Gasteiger partial charge in [0.15, 0.2) is 0 Å². The molecule has 0 unspecified atom stereocenters. The molecule has 0 saturated carbocycles. The van der Waals surface area contributed by atoms with E-state index in [0.717, 1.165) is 0 Å². The number of carbonyl (C=O) groups is 3. The molecule has 0 radical (unpaired) electrons. The van der Waals surface area contributed by atoms with Gasteiger partial charge in [0.1, 0.15) is 12.1 Å². The second-order valence-corrected chi connectivity index (χ2v) is 6.18. The zero-order chi connectivity index (χ0) is 16.0. The van der Waals surface area contributed by atoms with Gasteiger partial charge in [0.2, 0.25) is 5.91 Å². The van der Waals surface area contributed by atoms with Crippen LogP contribution in [0.3, 0.4) is 0 Å². The predicted molar refractivity (Wildman–Crippen MR) is 75.7 cm³/mol. The van der Waals surface area contributed by atoms with Crippen molar-refractivity contribution < 1.29 is 24.2 Å². The predicted octanol–water partition coefficient (Wildman–Crippen LogP) is 0.337. The Morgan fingerprint density at radius 2 is 1.95 bits per heavy atom. The van der Waals surface area contributed by atoms with Crippen molar-refractivity contribution in [3.63, 3.8) is 0 Å². The zero-order valence-corrected chi connectivity index (χ0v) is 12.9. The summed E-state index contributed by atoms with van der Waals surface area (Å²) in [4.78, 5) is 37.5. The Morgan fingerprint density at radius 1 is 1.29 bits per heavy atom. The minimum absolute atomic E-state index is 0.0287. The standard InChI is InChI=1S/C14H24N2O5/c1-14(2,3)21-13(20)10-16-8-7-15(9-11(16)17)6-4-5-12(18)19/h4-10H2,1-3H3,(H,18,19). The van der Waals surface area contributed by atoms with Gasteiger partial charge in [-0.05, 0) is 33.7 Å². The molecule has 1 fully saturated rings. The summed E-state index contributed by atoms with van der Waals surface area (Å²) in [6.45, 7) is 7.24. The number of carbonyl (C=O) groups excluding carboxylic acids is 2. The van der Waals surface area contributed by atoms with Gasteiger partial charge in [0, 0.05) is 19.5 Å². The molecule has 7 heteroatoms. The lowest BCUT2D eigenvalue weighted by molar-refractivity contribution is -0.160. The fourth-order valence-corrected chi connectivity index (χ4v) is 2.10. The molecule has 1 aliphatic heterocycles. The number of nitrogens with zero attached hydrogens (tertiary/aromatic N) is 2. The molecule has 7 nitrogen and oxygen atoms in total. The number of rotatable bonds is 6. The van der Waals surface area contributed by atoms with Crippen molar-refractivity contribution in [2.24, 2.45) is 0 Å². The molecule has 0 spiro atoms. The van der Waals surface area contributed by atoms with Gasteiger partial charge in [-0.25, -0.2) is 0 Å². The number of aliphatic carboxylic acids is 1. The van der Waals surface area contributed by atoms with Crippen molar-refractivity contribution in [3.05, 3.63) is 0 Å². The molecule has 1 heterocycles. The smallest absolute Gasteiger partial charge is 0.326 e. The lowest BCUT2D eigenvalue weighted by Crippen LogP contribution is -2.52. The number of ether oxygens (including phenoxy) is 1. The fraction of sp³-hybridized carbons (Fsp3) is 0.786. The summed E-state index contributed by atoms with van der Waals surface area (Å²) in [5.41, 5.74) is -0.557. The third-order valence-corrected chi connectivity index (χ3v) is 3.00. The summed E-state index contributed by atoms with van der Waals surface area (Å²) in [6, 6.07) is 0. The summed E-state index contributed by atoms with van der Waals surface area (Å²) >= 11 is 0. The van der Waals surface area contributed by atoms with E-state index in [1.807, 2.05) is 4.90 Å². The van der Waals surface area contributed by atoms with Crippen molar-refractivity contribution >= 4 is 17.8 Å². The maximum atomic E-state index is 12.0. The first kappa shape index (κ1) is 17.4. The molecule has 0 aromatic rings. The summed E-state index contributed by atoms with van der Waals surface area (Å²) in [5, 5.41) is 8.58. The topological polar surface area (TPSA) is 87.2 Å². The van der Waals surface area contributed by atoms with Gasteiger partial charge in [-0.2, -0.15) is 0 Å². The van der Waals surface area contributed by atoms with Gasteiger partial charge in [-0.15, -0.1) is 0 Å². The summed E-state index contributed by atoms with van der Waals surface area (Å²) in [5.74, 6) is -1.36. The van der Waals surface area contributed by atoms with E-state index in [0.29, 0.717) is 26.1 Å². The average molecular weight is 300 g/mol. The van der Waals surface area contributed by atoms with Crippen molar-refractivity contribution in [1.29, 1.82) is 0 Å². The largest absolute Gasteiger partial charge is 0.481 e. The molecule has 21 heavy (non-hydrogen) atoms. The molecular formula is C14H24N2O5. The van der Waals surface area contributed by atoms with Gasteiger partial charge in [-0.3, -0.25) is 19.3 Å². The van der Waals surface area contributed by atoms with Crippen LogP contribution in [0.2, 0.25) is 0 Å². The quantitative estimate of drug-likeness (QED) is 0.712. The van der Waals surface area contributed by atoms with Crippen LogP contribution in [0, 0.1) is 0 Å². The van der Waals surface area contributed by atoms with E-state index in [2.05, 4.69) is 0 Å². The Kier molecular flexibility index (Phi) is 6.14. The Labute approximate surface area is 124 Å². The van der Waals surface area contributed by atoms with E-state index in [9.17, 15) is 14.4 Å². The maximum absolute atomic E-state index is 12.0. The van der Waals surface area contributed by atoms with E-state index in [1.165, 1.54) is 4.90 Å². The van der Waals surface area contributed by atoms with Crippen LogP contribution >= 0.6 is 0 Å². The normalized spacial score (nSPS) is 16.9. The van der Waals surface area contributed by atoms with Gasteiger partial charge in [-0.1, -0.05) is 0 Å². The summed E-state index contributed by atoms with van der Waals surface area (Å²) in [6.07, 6.45) is 0.626. The molecular weight excluding hydrogens is 276 g/mol. The van der Waals surface area contributed by atoms with E-state index in [-0.39, 0.29) is 25.4 Å². The second kappa shape index (κ2) is 7.40. The number of amides is 1. The first-order valence-corrected chi connectivity index (χ1v) is 7.11. The Bertz CT molecular complexity index is 403. The van der Waals surface area contributed by atoms with Crippen molar-refractivity contribution in [3.8, 4) is 0 Å². The summed E-state index contributed by atoms with van der Waals surface area (Å²) in [7, 11) is 0. The highest BCUT2D eigenvalue weighted by Gasteiger charge is 2.27. The lowest BCUT2D eigenvalue weighted by atomic mass is 10.2. The minimum Gasteiger partial charge on any atom is -0.481 e. The van der Waals surface area contributed by atoms with Crippen LogP contribution < -0.4 is 0 Å². The summed E-state index contributed by atoms with van der Waals surface area (Å²) < 4.78 is 5.20. The van der Waals surface area contributed by atoms with Crippen LogP contribution in [0.4, 0.5) is 0 Å². The van der Waals surface area contributed by atoms with Gasteiger partial charge in [0.25, 0.3) is 0 Å². The minimum atomic E-state index is -0.829. The van der Waals surface area contributed by atoms with Crippen LogP contribution in [-0.4, -0.2) is 71.1 Å².